The second kappa shape index (κ2) is 5.92. The lowest BCUT2D eigenvalue weighted by atomic mass is 10.2. The van der Waals surface area contributed by atoms with E-state index in [1.54, 1.807) is 13.8 Å². The van der Waals surface area contributed by atoms with Crippen molar-refractivity contribution >= 4 is 21.6 Å². The maximum absolute atomic E-state index is 11.0. The lowest BCUT2D eigenvalue weighted by molar-refractivity contribution is -0.386. The van der Waals surface area contributed by atoms with Gasteiger partial charge >= 0.3 is 5.69 Å². The highest BCUT2D eigenvalue weighted by atomic mass is 79.9. The minimum absolute atomic E-state index is 0.00976. The van der Waals surface area contributed by atoms with E-state index in [9.17, 15) is 10.1 Å². The number of nitro groups is 1. The van der Waals surface area contributed by atoms with Gasteiger partial charge in [0.05, 0.1) is 10.5 Å². The fourth-order valence-corrected chi connectivity index (χ4v) is 2.75. The third kappa shape index (κ3) is 2.87. The van der Waals surface area contributed by atoms with Crippen LogP contribution in [-0.2, 0) is 6.54 Å². The van der Waals surface area contributed by atoms with E-state index in [0.29, 0.717) is 23.2 Å². The third-order valence-corrected chi connectivity index (χ3v) is 4.07. The minimum atomic E-state index is -0.436. The van der Waals surface area contributed by atoms with Crippen LogP contribution in [0.1, 0.15) is 17.3 Å². The summed E-state index contributed by atoms with van der Waals surface area (Å²) < 4.78 is 7.97. The van der Waals surface area contributed by atoms with Gasteiger partial charge in [-0.1, -0.05) is 12.1 Å². The molecule has 3 aromatic rings. The fourth-order valence-electron chi connectivity index (χ4n) is 2.29. The number of halogens is 1. The van der Waals surface area contributed by atoms with Crippen molar-refractivity contribution < 1.29 is 9.34 Å². The van der Waals surface area contributed by atoms with Gasteiger partial charge in [-0.2, -0.15) is 5.10 Å². The zero-order valence-corrected chi connectivity index (χ0v) is 13.9. The molecule has 9 heteroatoms. The van der Waals surface area contributed by atoms with Gasteiger partial charge in [-0.25, -0.2) is 0 Å². The Kier molecular flexibility index (Phi) is 3.95. The molecule has 2 heterocycles. The van der Waals surface area contributed by atoms with Crippen LogP contribution in [0.5, 0.6) is 0 Å². The van der Waals surface area contributed by atoms with E-state index in [4.69, 9.17) is 4.42 Å². The molecule has 0 radical (unpaired) electrons. The molecule has 0 aliphatic rings. The molecule has 0 atom stereocenters. The van der Waals surface area contributed by atoms with Crippen molar-refractivity contribution in [1.82, 2.24) is 20.0 Å². The standard InChI is InChI=1S/C14H12BrN5O3/c1-8-13(20(21)22)9(2)19(18-8)7-12-16-17-14(23-12)10-5-3-4-6-11(10)15/h3-6H,7H2,1-2H3. The van der Waals surface area contributed by atoms with Gasteiger partial charge in [0, 0.05) is 4.47 Å². The lowest BCUT2D eigenvalue weighted by Gasteiger charge is -1.99. The molecule has 23 heavy (non-hydrogen) atoms. The van der Waals surface area contributed by atoms with Gasteiger partial charge in [-0.15, -0.1) is 10.2 Å². The molecule has 0 N–H and O–H groups in total. The largest absolute Gasteiger partial charge is 0.419 e. The van der Waals surface area contributed by atoms with Crippen LogP contribution in [0.15, 0.2) is 33.2 Å². The summed E-state index contributed by atoms with van der Waals surface area (Å²) in [7, 11) is 0. The minimum Gasteiger partial charge on any atom is -0.419 e. The highest BCUT2D eigenvalue weighted by molar-refractivity contribution is 9.10. The summed E-state index contributed by atoms with van der Waals surface area (Å²) in [5.41, 5.74) is 1.60. The van der Waals surface area contributed by atoms with Crippen molar-refractivity contribution in [2.24, 2.45) is 0 Å². The molecule has 0 aliphatic heterocycles. The number of rotatable bonds is 4. The first-order chi connectivity index (χ1) is 11.0. The molecule has 0 spiro atoms. The summed E-state index contributed by atoms with van der Waals surface area (Å²) >= 11 is 3.43. The topological polar surface area (TPSA) is 99.9 Å². The first-order valence-electron chi connectivity index (χ1n) is 6.73. The quantitative estimate of drug-likeness (QED) is 0.510. The van der Waals surface area contributed by atoms with Crippen molar-refractivity contribution in [2.75, 3.05) is 0 Å². The van der Waals surface area contributed by atoms with Gasteiger partial charge in [0.15, 0.2) is 0 Å². The second-order valence-corrected chi connectivity index (χ2v) is 5.77. The van der Waals surface area contributed by atoms with Crippen LogP contribution < -0.4 is 0 Å². The van der Waals surface area contributed by atoms with Gasteiger partial charge < -0.3 is 4.42 Å². The molecule has 0 saturated heterocycles. The zero-order valence-electron chi connectivity index (χ0n) is 12.4. The van der Waals surface area contributed by atoms with Crippen LogP contribution in [0.4, 0.5) is 5.69 Å². The van der Waals surface area contributed by atoms with Crippen molar-refractivity contribution in [3.05, 3.63) is 56.1 Å². The van der Waals surface area contributed by atoms with Crippen molar-refractivity contribution in [1.29, 1.82) is 0 Å². The van der Waals surface area contributed by atoms with Crippen LogP contribution in [0.25, 0.3) is 11.5 Å². The molecular formula is C14H12BrN5O3. The highest BCUT2D eigenvalue weighted by Gasteiger charge is 2.23. The van der Waals surface area contributed by atoms with Crippen LogP contribution in [0, 0.1) is 24.0 Å². The molecule has 0 unspecified atom stereocenters. The van der Waals surface area contributed by atoms with Crippen molar-refractivity contribution in [2.45, 2.75) is 20.4 Å². The molecular weight excluding hydrogens is 366 g/mol. The number of nitrogens with zero attached hydrogens (tertiary/aromatic N) is 5. The van der Waals surface area contributed by atoms with Gasteiger partial charge in [0.1, 0.15) is 17.9 Å². The Morgan fingerprint density at radius 3 is 2.70 bits per heavy atom. The van der Waals surface area contributed by atoms with Gasteiger partial charge in [-0.3, -0.25) is 14.8 Å². The summed E-state index contributed by atoms with van der Waals surface area (Å²) in [6, 6.07) is 7.49. The molecule has 0 saturated carbocycles. The van der Waals surface area contributed by atoms with Gasteiger partial charge in [0.2, 0.25) is 11.8 Å². The normalized spacial score (nSPS) is 10.9. The zero-order chi connectivity index (χ0) is 16.6. The average molecular weight is 378 g/mol. The maximum atomic E-state index is 11.0. The van der Waals surface area contributed by atoms with E-state index in [-0.39, 0.29) is 12.2 Å². The van der Waals surface area contributed by atoms with E-state index in [1.165, 1.54) is 4.68 Å². The van der Waals surface area contributed by atoms with E-state index in [0.717, 1.165) is 10.0 Å². The molecule has 0 fully saturated rings. The molecule has 0 aliphatic carbocycles. The number of aromatic nitrogens is 4. The predicted molar refractivity (Wildman–Crippen MR) is 84.9 cm³/mol. The van der Waals surface area contributed by atoms with E-state index in [1.807, 2.05) is 24.3 Å². The predicted octanol–water partition coefficient (Wildman–Crippen LogP) is 3.27. The lowest BCUT2D eigenvalue weighted by Crippen LogP contribution is -2.04. The van der Waals surface area contributed by atoms with Crippen LogP contribution in [0.2, 0.25) is 0 Å². The van der Waals surface area contributed by atoms with Crippen molar-refractivity contribution in [3.8, 4) is 11.5 Å². The molecule has 0 bridgehead atoms. The molecule has 2 aromatic heterocycles. The summed E-state index contributed by atoms with van der Waals surface area (Å²) in [5.74, 6) is 0.708. The second-order valence-electron chi connectivity index (χ2n) is 4.91. The maximum Gasteiger partial charge on any atom is 0.312 e. The van der Waals surface area contributed by atoms with Crippen LogP contribution in [0.3, 0.4) is 0 Å². The van der Waals surface area contributed by atoms with E-state index >= 15 is 0 Å². The Morgan fingerprint density at radius 2 is 2.04 bits per heavy atom. The SMILES string of the molecule is Cc1nn(Cc2nnc(-c3ccccc3Br)o2)c(C)c1[N+](=O)[O-]. The van der Waals surface area contributed by atoms with Crippen LogP contribution >= 0.6 is 15.9 Å². The van der Waals surface area contributed by atoms with Crippen molar-refractivity contribution in [3.63, 3.8) is 0 Å². The molecule has 118 valence electrons. The Balaban J connectivity index is 1.90. The summed E-state index contributed by atoms with van der Waals surface area (Å²) in [6.45, 7) is 3.42. The smallest absolute Gasteiger partial charge is 0.312 e. The Morgan fingerprint density at radius 1 is 1.30 bits per heavy atom. The van der Waals surface area contributed by atoms with Gasteiger partial charge in [0.25, 0.3) is 0 Å². The molecule has 8 nitrogen and oxygen atoms in total. The number of benzene rings is 1. The fraction of sp³-hybridized carbons (Fsp3) is 0.214. The third-order valence-electron chi connectivity index (χ3n) is 3.38. The number of hydrogen-bond donors (Lipinski definition) is 0. The summed E-state index contributed by atoms with van der Waals surface area (Å²) in [6.07, 6.45) is 0. The Labute approximate surface area is 139 Å². The van der Waals surface area contributed by atoms with Gasteiger partial charge in [-0.05, 0) is 41.9 Å². The Hall–Kier alpha value is -2.55. The highest BCUT2D eigenvalue weighted by Crippen LogP contribution is 2.27. The summed E-state index contributed by atoms with van der Waals surface area (Å²) in [4.78, 5) is 10.6. The molecule has 3 rings (SSSR count). The van der Waals surface area contributed by atoms with E-state index in [2.05, 4.69) is 31.2 Å². The van der Waals surface area contributed by atoms with Crippen LogP contribution in [-0.4, -0.2) is 24.9 Å². The monoisotopic (exact) mass is 377 g/mol. The molecule has 1 aromatic carbocycles. The Bertz CT molecular complexity index is 886. The first-order valence-corrected chi connectivity index (χ1v) is 7.52. The molecule has 0 amide bonds. The number of hydrogen-bond acceptors (Lipinski definition) is 6. The first kappa shape index (κ1) is 15.3. The average Bonchev–Trinajstić information content (AvgIpc) is 3.05. The van der Waals surface area contributed by atoms with E-state index < -0.39 is 4.92 Å². The summed E-state index contributed by atoms with van der Waals surface area (Å²) in [5, 5.41) is 23.2. The number of aryl methyl sites for hydroxylation is 1.